The molecule has 0 spiro atoms. The van der Waals surface area contributed by atoms with Crippen LogP contribution in [0.2, 0.25) is 0 Å². The Hall–Kier alpha value is -1.26. The van der Waals surface area contributed by atoms with Crippen LogP contribution in [0.25, 0.3) is 0 Å². The monoisotopic (exact) mass is 243 g/mol. The van der Waals surface area contributed by atoms with Crippen LogP contribution < -0.4 is 5.32 Å². The lowest BCUT2D eigenvalue weighted by atomic mass is 10.1. The van der Waals surface area contributed by atoms with E-state index in [1.54, 1.807) is 0 Å². The summed E-state index contributed by atoms with van der Waals surface area (Å²) >= 11 is 0. The summed E-state index contributed by atoms with van der Waals surface area (Å²) in [5, 5.41) is 11.4. The number of ether oxygens (including phenoxy) is 1. The van der Waals surface area contributed by atoms with Crippen molar-refractivity contribution in [1.29, 1.82) is 0 Å². The molecule has 1 aliphatic rings. The number of hydrogen-bond donors (Lipinski definition) is 2. The number of rotatable bonds is 6. The SMILES string of the molecule is CCCC[C@H](NC(=O)OC1CCCC1)C(=O)O. The molecule has 0 saturated heterocycles. The Labute approximate surface area is 102 Å². The summed E-state index contributed by atoms with van der Waals surface area (Å²) in [5.74, 6) is -0.998. The van der Waals surface area contributed by atoms with Crippen LogP contribution in [0.3, 0.4) is 0 Å². The zero-order valence-electron chi connectivity index (χ0n) is 10.3. The third-order valence-corrected chi connectivity index (χ3v) is 3.01. The Balaban J connectivity index is 2.32. The van der Waals surface area contributed by atoms with Gasteiger partial charge in [-0.15, -0.1) is 0 Å². The number of carbonyl (C=O) groups is 2. The maximum atomic E-state index is 11.5. The van der Waals surface area contributed by atoms with Gasteiger partial charge in [0.2, 0.25) is 0 Å². The molecule has 0 aromatic heterocycles. The molecule has 1 fully saturated rings. The topological polar surface area (TPSA) is 75.6 Å². The third-order valence-electron chi connectivity index (χ3n) is 3.01. The summed E-state index contributed by atoms with van der Waals surface area (Å²) in [6, 6.07) is -0.830. The number of carbonyl (C=O) groups excluding carboxylic acids is 1. The van der Waals surface area contributed by atoms with Crippen LogP contribution in [0.5, 0.6) is 0 Å². The van der Waals surface area contributed by atoms with Gasteiger partial charge in [-0.05, 0) is 32.1 Å². The molecule has 1 atom stereocenters. The lowest BCUT2D eigenvalue weighted by molar-refractivity contribution is -0.139. The lowest BCUT2D eigenvalue weighted by Crippen LogP contribution is -2.42. The molecule has 0 unspecified atom stereocenters. The minimum Gasteiger partial charge on any atom is -0.480 e. The molecule has 1 rings (SSSR count). The average Bonchev–Trinajstić information content (AvgIpc) is 2.76. The number of amides is 1. The third kappa shape index (κ3) is 5.06. The van der Waals surface area contributed by atoms with Gasteiger partial charge in [0.25, 0.3) is 0 Å². The van der Waals surface area contributed by atoms with Crippen molar-refractivity contribution < 1.29 is 19.4 Å². The smallest absolute Gasteiger partial charge is 0.408 e. The Morgan fingerprint density at radius 2 is 2.06 bits per heavy atom. The highest BCUT2D eigenvalue weighted by molar-refractivity contribution is 5.79. The van der Waals surface area contributed by atoms with Crippen LogP contribution in [0.1, 0.15) is 51.9 Å². The normalized spacial score (nSPS) is 17.7. The van der Waals surface area contributed by atoms with Gasteiger partial charge in [0.05, 0.1) is 0 Å². The molecule has 0 aliphatic heterocycles. The summed E-state index contributed by atoms with van der Waals surface area (Å²) in [6.45, 7) is 1.98. The van der Waals surface area contributed by atoms with E-state index in [-0.39, 0.29) is 6.10 Å². The predicted molar refractivity (Wildman–Crippen MR) is 62.8 cm³/mol. The van der Waals surface area contributed by atoms with Crippen molar-refractivity contribution in [3.8, 4) is 0 Å². The summed E-state index contributed by atoms with van der Waals surface area (Å²) in [6.07, 6.45) is 5.44. The van der Waals surface area contributed by atoms with Gasteiger partial charge < -0.3 is 15.2 Å². The van der Waals surface area contributed by atoms with E-state index < -0.39 is 18.1 Å². The number of carboxylic acids is 1. The standard InChI is InChI=1S/C12H21NO4/c1-2-3-8-10(11(14)15)13-12(16)17-9-6-4-5-7-9/h9-10H,2-8H2,1H3,(H,13,16)(H,14,15)/t10-/m0/s1. The fraction of sp³-hybridized carbons (Fsp3) is 0.833. The van der Waals surface area contributed by atoms with Crippen LogP contribution >= 0.6 is 0 Å². The molecular formula is C12H21NO4. The van der Waals surface area contributed by atoms with Gasteiger partial charge in [-0.25, -0.2) is 9.59 Å². The van der Waals surface area contributed by atoms with Crippen molar-refractivity contribution in [3.63, 3.8) is 0 Å². The first-order chi connectivity index (χ1) is 8.13. The van der Waals surface area contributed by atoms with E-state index in [0.717, 1.165) is 38.5 Å². The quantitative estimate of drug-likeness (QED) is 0.750. The maximum absolute atomic E-state index is 11.5. The van der Waals surface area contributed by atoms with Crippen LogP contribution in [-0.4, -0.2) is 29.3 Å². The summed E-state index contributed by atoms with van der Waals surface area (Å²) < 4.78 is 5.16. The summed E-state index contributed by atoms with van der Waals surface area (Å²) in [4.78, 5) is 22.4. The number of carboxylic acid groups (broad SMARTS) is 1. The predicted octanol–water partition coefficient (Wildman–Crippen LogP) is 2.30. The van der Waals surface area contributed by atoms with Gasteiger partial charge in [-0.3, -0.25) is 0 Å². The van der Waals surface area contributed by atoms with Crippen molar-refractivity contribution in [2.45, 2.75) is 64.0 Å². The molecular weight excluding hydrogens is 222 g/mol. The molecule has 0 aromatic carbocycles. The van der Waals surface area contributed by atoms with Crippen LogP contribution in [-0.2, 0) is 9.53 Å². The van der Waals surface area contributed by atoms with E-state index in [9.17, 15) is 9.59 Å². The zero-order chi connectivity index (χ0) is 12.7. The molecule has 1 saturated carbocycles. The van der Waals surface area contributed by atoms with Gasteiger partial charge in [0.1, 0.15) is 12.1 Å². The van der Waals surface area contributed by atoms with Crippen LogP contribution in [0.4, 0.5) is 4.79 Å². The fourth-order valence-corrected chi connectivity index (χ4v) is 2.00. The maximum Gasteiger partial charge on any atom is 0.408 e. The second kappa shape index (κ2) is 7.14. The van der Waals surface area contributed by atoms with Gasteiger partial charge >= 0.3 is 12.1 Å². The Morgan fingerprint density at radius 1 is 1.41 bits per heavy atom. The molecule has 1 aliphatic carbocycles. The highest BCUT2D eigenvalue weighted by Gasteiger charge is 2.23. The van der Waals surface area contributed by atoms with E-state index in [0.29, 0.717) is 6.42 Å². The summed E-state index contributed by atoms with van der Waals surface area (Å²) in [7, 11) is 0. The molecule has 5 nitrogen and oxygen atoms in total. The van der Waals surface area contributed by atoms with Crippen molar-refractivity contribution in [2.24, 2.45) is 0 Å². The largest absolute Gasteiger partial charge is 0.480 e. The molecule has 1 amide bonds. The Bertz CT molecular complexity index is 261. The zero-order valence-corrected chi connectivity index (χ0v) is 10.3. The van der Waals surface area contributed by atoms with E-state index >= 15 is 0 Å². The molecule has 0 bridgehead atoms. The molecule has 0 radical (unpaired) electrons. The van der Waals surface area contributed by atoms with E-state index in [4.69, 9.17) is 9.84 Å². The minimum atomic E-state index is -0.998. The second-order valence-corrected chi connectivity index (χ2v) is 4.49. The average molecular weight is 243 g/mol. The molecule has 2 N–H and O–H groups in total. The first-order valence-corrected chi connectivity index (χ1v) is 6.33. The number of alkyl carbamates (subject to hydrolysis) is 1. The highest BCUT2D eigenvalue weighted by atomic mass is 16.6. The first-order valence-electron chi connectivity index (χ1n) is 6.33. The van der Waals surface area contributed by atoms with Crippen molar-refractivity contribution in [1.82, 2.24) is 5.32 Å². The fourth-order valence-electron chi connectivity index (χ4n) is 2.00. The van der Waals surface area contributed by atoms with Gasteiger partial charge in [-0.1, -0.05) is 19.8 Å². The van der Waals surface area contributed by atoms with E-state index in [1.807, 2.05) is 6.92 Å². The number of hydrogen-bond acceptors (Lipinski definition) is 3. The Kier molecular flexibility index (Phi) is 5.80. The van der Waals surface area contributed by atoms with Crippen LogP contribution in [0, 0.1) is 0 Å². The highest BCUT2D eigenvalue weighted by Crippen LogP contribution is 2.20. The van der Waals surface area contributed by atoms with Crippen LogP contribution in [0.15, 0.2) is 0 Å². The van der Waals surface area contributed by atoms with Crippen molar-refractivity contribution in [2.75, 3.05) is 0 Å². The van der Waals surface area contributed by atoms with Gasteiger partial charge in [-0.2, -0.15) is 0 Å². The van der Waals surface area contributed by atoms with Crippen molar-refractivity contribution in [3.05, 3.63) is 0 Å². The Morgan fingerprint density at radius 3 is 2.59 bits per heavy atom. The number of nitrogens with one attached hydrogen (secondary N) is 1. The lowest BCUT2D eigenvalue weighted by Gasteiger charge is -2.16. The first kappa shape index (κ1) is 13.8. The van der Waals surface area contributed by atoms with Crippen molar-refractivity contribution >= 4 is 12.1 Å². The molecule has 0 aromatic rings. The number of aliphatic carboxylic acids is 1. The molecule has 5 heteroatoms. The van der Waals surface area contributed by atoms with E-state index in [1.165, 1.54) is 0 Å². The van der Waals surface area contributed by atoms with E-state index in [2.05, 4.69) is 5.32 Å². The van der Waals surface area contributed by atoms with Gasteiger partial charge in [0, 0.05) is 0 Å². The second-order valence-electron chi connectivity index (χ2n) is 4.49. The van der Waals surface area contributed by atoms with Gasteiger partial charge in [0.15, 0.2) is 0 Å². The molecule has 0 heterocycles. The number of unbranched alkanes of at least 4 members (excludes halogenated alkanes) is 1. The molecule has 17 heavy (non-hydrogen) atoms. The summed E-state index contributed by atoms with van der Waals surface area (Å²) in [5.41, 5.74) is 0. The minimum absolute atomic E-state index is 0.0318. The molecule has 98 valence electrons.